The minimum atomic E-state index is 0.233. The molecule has 2 N–H and O–H groups in total. The lowest BCUT2D eigenvalue weighted by molar-refractivity contribution is 0.145. The molecule has 4 rings (SSSR count). The number of imidazole rings is 1. The first kappa shape index (κ1) is 14.9. The molecule has 1 aliphatic carbocycles. The Kier molecular flexibility index (Phi) is 3.19. The van der Waals surface area contributed by atoms with Gasteiger partial charge in [-0.15, -0.1) is 0 Å². The molecule has 3 aromatic heterocycles. The first-order chi connectivity index (χ1) is 11.5. The Balaban J connectivity index is 1.84. The summed E-state index contributed by atoms with van der Waals surface area (Å²) in [6.45, 7) is 4.56. The van der Waals surface area contributed by atoms with E-state index in [0.29, 0.717) is 17.0 Å². The molecule has 0 atom stereocenters. The molecule has 0 aromatic carbocycles. The number of rotatable bonds is 3. The molecule has 3 aromatic rings. The summed E-state index contributed by atoms with van der Waals surface area (Å²) < 4.78 is 7.36. The Bertz CT molecular complexity index is 909. The van der Waals surface area contributed by atoms with Gasteiger partial charge in [-0.05, 0) is 24.3 Å². The van der Waals surface area contributed by atoms with Crippen LogP contribution in [-0.2, 0) is 0 Å². The number of anilines is 1. The summed E-state index contributed by atoms with van der Waals surface area (Å²) in [5.41, 5.74) is 9.26. The van der Waals surface area contributed by atoms with Crippen LogP contribution >= 0.6 is 0 Å². The van der Waals surface area contributed by atoms with Gasteiger partial charge in [0, 0.05) is 18.2 Å². The number of fused-ring (bicyclic) bond motifs is 1. The molecular formula is C17H20N6O. The van der Waals surface area contributed by atoms with Crippen LogP contribution in [0.25, 0.3) is 17.0 Å². The van der Waals surface area contributed by atoms with E-state index in [1.165, 1.54) is 0 Å². The van der Waals surface area contributed by atoms with E-state index in [2.05, 4.69) is 28.8 Å². The predicted octanol–water partition coefficient (Wildman–Crippen LogP) is 2.68. The molecule has 3 heterocycles. The molecule has 24 heavy (non-hydrogen) atoms. The third-order valence-electron chi connectivity index (χ3n) is 4.63. The van der Waals surface area contributed by atoms with Crippen molar-refractivity contribution in [1.29, 1.82) is 0 Å². The van der Waals surface area contributed by atoms with Gasteiger partial charge in [-0.2, -0.15) is 5.10 Å². The largest absolute Gasteiger partial charge is 0.495 e. The topological polar surface area (TPSA) is 91.2 Å². The number of nitrogen functional groups attached to an aromatic ring is 1. The molecule has 7 nitrogen and oxygen atoms in total. The molecule has 1 aliphatic rings. The monoisotopic (exact) mass is 324 g/mol. The van der Waals surface area contributed by atoms with Crippen molar-refractivity contribution in [3.63, 3.8) is 0 Å². The van der Waals surface area contributed by atoms with Crippen molar-refractivity contribution >= 4 is 11.6 Å². The average Bonchev–Trinajstić information content (AvgIpc) is 2.94. The fourth-order valence-electron chi connectivity index (χ4n) is 3.52. The van der Waals surface area contributed by atoms with Crippen molar-refractivity contribution in [2.24, 2.45) is 5.41 Å². The lowest BCUT2D eigenvalue weighted by Gasteiger charge is -2.42. The first-order valence-corrected chi connectivity index (χ1v) is 7.98. The lowest BCUT2D eigenvalue weighted by Crippen LogP contribution is -2.31. The van der Waals surface area contributed by atoms with E-state index >= 15 is 0 Å². The van der Waals surface area contributed by atoms with Crippen molar-refractivity contribution in [1.82, 2.24) is 24.6 Å². The van der Waals surface area contributed by atoms with Gasteiger partial charge >= 0.3 is 0 Å². The second-order valence-electron chi connectivity index (χ2n) is 7.08. The quantitative estimate of drug-likeness (QED) is 0.796. The molecule has 0 spiro atoms. The van der Waals surface area contributed by atoms with Crippen LogP contribution in [0.3, 0.4) is 0 Å². The first-order valence-electron chi connectivity index (χ1n) is 7.98. The summed E-state index contributed by atoms with van der Waals surface area (Å²) >= 11 is 0. The summed E-state index contributed by atoms with van der Waals surface area (Å²) in [6, 6.07) is 3.74. The maximum atomic E-state index is 5.70. The van der Waals surface area contributed by atoms with Gasteiger partial charge in [-0.3, -0.25) is 0 Å². The number of aromatic nitrogens is 5. The van der Waals surface area contributed by atoms with Gasteiger partial charge in [-0.25, -0.2) is 19.5 Å². The Morgan fingerprint density at radius 2 is 2.08 bits per heavy atom. The van der Waals surface area contributed by atoms with Crippen molar-refractivity contribution < 1.29 is 4.74 Å². The summed E-state index contributed by atoms with van der Waals surface area (Å²) in [5, 5.41) is 4.83. The Morgan fingerprint density at radius 1 is 1.29 bits per heavy atom. The van der Waals surface area contributed by atoms with Gasteiger partial charge in [-0.1, -0.05) is 13.8 Å². The standard InChI is InChI=1S/C17H20N6O/c1-17(2)7-10(8-17)15-13(24-3)6-14-20-9-12(23(14)22-15)11-4-5-19-16(18)21-11/h4-6,9-10H,7-8H2,1-3H3,(H2,18,19,21). The number of nitrogens with two attached hydrogens (primary N) is 1. The number of hydrogen-bond acceptors (Lipinski definition) is 6. The van der Waals surface area contributed by atoms with Gasteiger partial charge in [0.25, 0.3) is 0 Å². The normalized spacial score (nSPS) is 17.0. The molecule has 0 saturated heterocycles. The van der Waals surface area contributed by atoms with Gasteiger partial charge in [0.15, 0.2) is 5.65 Å². The van der Waals surface area contributed by atoms with Crippen LogP contribution in [0.15, 0.2) is 24.5 Å². The minimum absolute atomic E-state index is 0.233. The average molecular weight is 324 g/mol. The maximum Gasteiger partial charge on any atom is 0.220 e. The number of nitrogens with zero attached hydrogens (tertiary/aromatic N) is 5. The third-order valence-corrected chi connectivity index (χ3v) is 4.63. The van der Waals surface area contributed by atoms with Crippen LogP contribution < -0.4 is 10.5 Å². The fourth-order valence-corrected chi connectivity index (χ4v) is 3.52. The van der Waals surface area contributed by atoms with Crippen LogP contribution in [0.5, 0.6) is 5.75 Å². The zero-order valence-corrected chi connectivity index (χ0v) is 14.0. The van der Waals surface area contributed by atoms with Crippen molar-refractivity contribution in [2.75, 3.05) is 12.8 Å². The molecule has 0 unspecified atom stereocenters. The van der Waals surface area contributed by atoms with E-state index in [9.17, 15) is 0 Å². The van der Waals surface area contributed by atoms with Gasteiger partial charge < -0.3 is 10.5 Å². The van der Waals surface area contributed by atoms with E-state index < -0.39 is 0 Å². The Labute approximate surface area is 139 Å². The van der Waals surface area contributed by atoms with Crippen LogP contribution in [0.2, 0.25) is 0 Å². The van der Waals surface area contributed by atoms with Crippen LogP contribution in [0, 0.1) is 5.41 Å². The van der Waals surface area contributed by atoms with Crippen molar-refractivity contribution in [3.05, 3.63) is 30.2 Å². The molecule has 0 amide bonds. The predicted molar refractivity (Wildman–Crippen MR) is 90.7 cm³/mol. The summed E-state index contributed by atoms with van der Waals surface area (Å²) in [5.74, 6) is 1.43. The van der Waals surface area contributed by atoms with Gasteiger partial charge in [0.1, 0.15) is 17.1 Å². The summed E-state index contributed by atoms with van der Waals surface area (Å²) in [6.07, 6.45) is 5.59. The number of ether oxygens (including phenoxy) is 1. The smallest absolute Gasteiger partial charge is 0.220 e. The number of methoxy groups -OCH3 is 1. The highest BCUT2D eigenvalue weighted by Gasteiger charge is 2.39. The van der Waals surface area contributed by atoms with E-state index in [0.717, 1.165) is 35.6 Å². The molecule has 7 heteroatoms. The van der Waals surface area contributed by atoms with Crippen LogP contribution in [0.1, 0.15) is 38.3 Å². The minimum Gasteiger partial charge on any atom is -0.495 e. The third kappa shape index (κ3) is 2.36. The zero-order valence-electron chi connectivity index (χ0n) is 14.0. The van der Waals surface area contributed by atoms with Crippen LogP contribution in [0.4, 0.5) is 5.95 Å². The molecule has 0 radical (unpaired) electrons. The van der Waals surface area contributed by atoms with Gasteiger partial charge in [0.2, 0.25) is 5.95 Å². The molecule has 1 fully saturated rings. The van der Waals surface area contributed by atoms with Crippen molar-refractivity contribution in [3.8, 4) is 17.1 Å². The van der Waals surface area contributed by atoms with Gasteiger partial charge in [0.05, 0.1) is 19.0 Å². The highest BCUT2D eigenvalue weighted by molar-refractivity contribution is 5.61. The molecule has 0 bridgehead atoms. The van der Waals surface area contributed by atoms with E-state index in [4.69, 9.17) is 15.6 Å². The molecular weight excluding hydrogens is 304 g/mol. The zero-order chi connectivity index (χ0) is 16.9. The molecule has 124 valence electrons. The van der Waals surface area contributed by atoms with E-state index in [1.807, 2.05) is 10.6 Å². The van der Waals surface area contributed by atoms with E-state index in [1.54, 1.807) is 25.6 Å². The maximum absolute atomic E-state index is 5.70. The summed E-state index contributed by atoms with van der Waals surface area (Å²) in [7, 11) is 1.68. The SMILES string of the molecule is COc1cc2ncc(-c3ccnc(N)n3)n2nc1C1CC(C)(C)C1. The summed E-state index contributed by atoms with van der Waals surface area (Å²) in [4.78, 5) is 12.6. The molecule has 1 saturated carbocycles. The number of hydrogen-bond donors (Lipinski definition) is 1. The second kappa shape index (κ2) is 5.15. The lowest BCUT2D eigenvalue weighted by atomic mass is 9.63. The highest BCUT2D eigenvalue weighted by atomic mass is 16.5. The van der Waals surface area contributed by atoms with Crippen LogP contribution in [-0.4, -0.2) is 31.7 Å². The molecule has 0 aliphatic heterocycles. The van der Waals surface area contributed by atoms with Crippen molar-refractivity contribution in [2.45, 2.75) is 32.6 Å². The fraction of sp³-hybridized carbons (Fsp3) is 0.412. The Hall–Kier alpha value is -2.70. The second-order valence-corrected chi connectivity index (χ2v) is 7.08. The van der Waals surface area contributed by atoms with E-state index in [-0.39, 0.29) is 5.95 Å². The highest BCUT2D eigenvalue weighted by Crippen LogP contribution is 2.51. The Morgan fingerprint density at radius 3 is 2.75 bits per heavy atom.